The Morgan fingerprint density at radius 1 is 1.14 bits per heavy atom. The van der Waals surface area contributed by atoms with Gasteiger partial charge in [0.25, 0.3) is 0 Å². The van der Waals surface area contributed by atoms with Gasteiger partial charge in [0.05, 0.1) is 13.7 Å². The van der Waals surface area contributed by atoms with Crippen molar-refractivity contribution in [1.82, 2.24) is 10.0 Å². The molecule has 1 aromatic carbocycles. The average Bonchev–Trinajstić information content (AvgIpc) is 2.96. The smallest absolute Gasteiger partial charge is 0.241 e. The quantitative estimate of drug-likeness (QED) is 0.257. The molecule has 0 amide bonds. The number of guanidine groups is 1. The van der Waals surface area contributed by atoms with Gasteiger partial charge in [-0.15, -0.1) is 0 Å². The van der Waals surface area contributed by atoms with Gasteiger partial charge in [-0.1, -0.05) is 44.4 Å². The highest BCUT2D eigenvalue weighted by molar-refractivity contribution is 5.94. The van der Waals surface area contributed by atoms with Crippen LogP contribution in [0.25, 0.3) is 0 Å². The Morgan fingerprint density at radius 2 is 1.79 bits per heavy atom. The molecule has 7 heteroatoms. The predicted molar refractivity (Wildman–Crippen MR) is 120 cm³/mol. The highest BCUT2D eigenvalue weighted by Gasteiger charge is 2.21. The van der Waals surface area contributed by atoms with E-state index in [2.05, 4.69) is 22.6 Å². The second kappa shape index (κ2) is 11.0. The monoisotopic (exact) mass is 400 g/mol. The number of nitrogens with two attached hydrogens (primary N) is 2. The minimum Gasteiger partial charge on any atom is -0.496 e. The van der Waals surface area contributed by atoms with Crippen molar-refractivity contribution in [2.24, 2.45) is 21.7 Å². The van der Waals surface area contributed by atoms with Crippen LogP contribution < -0.4 is 16.4 Å². The Hall–Kier alpha value is -2.38. The zero-order valence-electron chi connectivity index (χ0n) is 18.3. The standard InChI is InChI=1S/C22H36N6O/c1-16(2)25-22(28(24)20-10-8-6-7-9-11-20)26-18(4)27(23)15-19-12-13-21(29-5)17(3)14-19/h12-14,20H,1,6-11,15,23-24H2,2-5H3/b25-22?,26-18+. The van der Waals surface area contributed by atoms with E-state index in [4.69, 9.17) is 16.4 Å². The molecular weight excluding hydrogens is 364 g/mol. The van der Waals surface area contributed by atoms with Crippen LogP contribution in [0.4, 0.5) is 0 Å². The lowest BCUT2D eigenvalue weighted by Gasteiger charge is -2.28. The van der Waals surface area contributed by atoms with Gasteiger partial charge in [-0.25, -0.2) is 16.7 Å². The van der Waals surface area contributed by atoms with E-state index >= 15 is 0 Å². The largest absolute Gasteiger partial charge is 0.496 e. The summed E-state index contributed by atoms with van der Waals surface area (Å²) in [5.41, 5.74) is 2.81. The van der Waals surface area contributed by atoms with E-state index in [0.717, 1.165) is 29.7 Å². The van der Waals surface area contributed by atoms with Gasteiger partial charge in [0.2, 0.25) is 5.96 Å². The molecule has 0 unspecified atom stereocenters. The molecule has 7 nitrogen and oxygen atoms in total. The van der Waals surface area contributed by atoms with Crippen LogP contribution >= 0.6 is 0 Å². The molecule has 0 atom stereocenters. The minimum atomic E-state index is 0.239. The fraction of sp³-hybridized carbons (Fsp3) is 0.545. The Morgan fingerprint density at radius 3 is 2.34 bits per heavy atom. The molecule has 0 aromatic heterocycles. The molecule has 0 aliphatic heterocycles. The van der Waals surface area contributed by atoms with Gasteiger partial charge in [-0.2, -0.15) is 4.99 Å². The number of hydrazine groups is 2. The SMILES string of the molecule is C=C(C)N=C(/N=C(\C)N(N)Cc1ccc(OC)c(C)c1)N(N)C1CCCCCC1. The number of aliphatic imine (C=N–C) groups is 2. The zero-order chi connectivity index (χ0) is 21.4. The molecule has 1 aliphatic rings. The lowest BCUT2D eigenvalue weighted by Crippen LogP contribution is -2.46. The Balaban J connectivity index is 2.16. The Bertz CT molecular complexity index is 750. The molecule has 0 heterocycles. The highest BCUT2D eigenvalue weighted by Crippen LogP contribution is 2.21. The van der Waals surface area contributed by atoms with Crippen LogP contribution in [0.5, 0.6) is 5.75 Å². The molecule has 0 spiro atoms. The molecule has 1 aliphatic carbocycles. The number of ether oxygens (including phenoxy) is 1. The van der Waals surface area contributed by atoms with Crippen molar-refractivity contribution in [3.63, 3.8) is 0 Å². The van der Waals surface area contributed by atoms with Crippen LogP contribution in [0, 0.1) is 6.92 Å². The fourth-order valence-corrected chi connectivity index (χ4v) is 3.57. The summed E-state index contributed by atoms with van der Waals surface area (Å²) >= 11 is 0. The molecule has 29 heavy (non-hydrogen) atoms. The summed E-state index contributed by atoms with van der Waals surface area (Å²) in [5.74, 6) is 14.7. The summed E-state index contributed by atoms with van der Waals surface area (Å²) < 4.78 is 5.32. The number of amidine groups is 1. The van der Waals surface area contributed by atoms with E-state index in [0.29, 0.717) is 24.0 Å². The predicted octanol–water partition coefficient (Wildman–Crippen LogP) is 3.89. The van der Waals surface area contributed by atoms with Crippen molar-refractivity contribution >= 4 is 11.8 Å². The average molecular weight is 401 g/mol. The summed E-state index contributed by atoms with van der Waals surface area (Å²) in [6.45, 7) is 10.1. The third-order valence-electron chi connectivity index (χ3n) is 5.23. The number of benzene rings is 1. The minimum absolute atomic E-state index is 0.239. The number of rotatable bonds is 5. The van der Waals surface area contributed by atoms with Crippen molar-refractivity contribution < 1.29 is 4.74 Å². The summed E-state index contributed by atoms with van der Waals surface area (Å²) in [6, 6.07) is 6.26. The van der Waals surface area contributed by atoms with E-state index in [1.807, 2.05) is 32.9 Å². The third kappa shape index (κ3) is 6.87. The molecule has 2 rings (SSSR count). The van der Waals surface area contributed by atoms with Crippen LogP contribution in [-0.2, 0) is 6.54 Å². The molecule has 1 fully saturated rings. The van der Waals surface area contributed by atoms with E-state index in [9.17, 15) is 0 Å². The van der Waals surface area contributed by atoms with Crippen molar-refractivity contribution in [2.75, 3.05) is 7.11 Å². The van der Waals surface area contributed by atoms with E-state index in [1.54, 1.807) is 17.1 Å². The first-order valence-corrected chi connectivity index (χ1v) is 10.3. The summed E-state index contributed by atoms with van der Waals surface area (Å²) in [7, 11) is 1.67. The Kier molecular flexibility index (Phi) is 8.67. The van der Waals surface area contributed by atoms with Gasteiger partial charge in [-0.05, 0) is 50.8 Å². The van der Waals surface area contributed by atoms with Crippen LogP contribution in [0.15, 0.2) is 40.5 Å². The van der Waals surface area contributed by atoms with Crippen LogP contribution in [-0.4, -0.2) is 35.0 Å². The van der Waals surface area contributed by atoms with Gasteiger partial charge >= 0.3 is 0 Å². The normalized spacial score (nSPS) is 16.3. The van der Waals surface area contributed by atoms with E-state index in [-0.39, 0.29) is 6.04 Å². The second-order valence-electron chi connectivity index (χ2n) is 7.79. The van der Waals surface area contributed by atoms with E-state index in [1.165, 1.54) is 25.7 Å². The van der Waals surface area contributed by atoms with Gasteiger partial charge in [0.15, 0.2) is 0 Å². The molecule has 1 aromatic rings. The maximum absolute atomic E-state index is 6.44. The van der Waals surface area contributed by atoms with E-state index < -0.39 is 0 Å². The number of hydrogen-bond acceptors (Lipinski definition) is 4. The fourth-order valence-electron chi connectivity index (χ4n) is 3.57. The summed E-state index contributed by atoms with van der Waals surface area (Å²) in [4.78, 5) is 9.14. The van der Waals surface area contributed by atoms with Gasteiger partial charge in [-0.3, -0.25) is 10.0 Å². The number of allylic oxidation sites excluding steroid dienone is 1. The van der Waals surface area contributed by atoms with Crippen molar-refractivity contribution in [2.45, 2.75) is 71.9 Å². The third-order valence-corrected chi connectivity index (χ3v) is 5.23. The van der Waals surface area contributed by atoms with Crippen molar-refractivity contribution in [3.8, 4) is 5.75 Å². The maximum atomic E-state index is 6.44. The molecule has 0 saturated heterocycles. The number of nitrogens with zero attached hydrogens (tertiary/aromatic N) is 4. The van der Waals surface area contributed by atoms with Crippen LogP contribution in [0.2, 0.25) is 0 Å². The van der Waals surface area contributed by atoms with Crippen molar-refractivity contribution in [3.05, 3.63) is 41.6 Å². The maximum Gasteiger partial charge on any atom is 0.241 e. The topological polar surface area (TPSA) is 92.5 Å². The number of hydrogen-bond donors (Lipinski definition) is 2. The first-order valence-electron chi connectivity index (χ1n) is 10.3. The first kappa shape index (κ1) is 22.9. The molecule has 0 radical (unpaired) electrons. The molecule has 1 saturated carbocycles. The lowest BCUT2D eigenvalue weighted by molar-refractivity contribution is 0.287. The van der Waals surface area contributed by atoms with Gasteiger partial charge < -0.3 is 4.74 Å². The summed E-state index contributed by atoms with van der Waals surface area (Å²) in [5, 5.41) is 3.31. The summed E-state index contributed by atoms with van der Waals surface area (Å²) in [6.07, 6.45) is 6.99. The number of aryl methyl sites for hydroxylation is 1. The second-order valence-corrected chi connectivity index (χ2v) is 7.79. The molecule has 160 valence electrons. The number of methoxy groups -OCH3 is 1. The zero-order valence-corrected chi connectivity index (χ0v) is 18.3. The Labute approximate surface area is 175 Å². The first-order chi connectivity index (χ1) is 13.8. The lowest BCUT2D eigenvalue weighted by atomic mass is 10.1. The molecule has 4 N–H and O–H groups in total. The van der Waals surface area contributed by atoms with Gasteiger partial charge in [0.1, 0.15) is 11.6 Å². The van der Waals surface area contributed by atoms with Gasteiger partial charge in [0, 0.05) is 11.7 Å². The van der Waals surface area contributed by atoms with Crippen LogP contribution in [0.3, 0.4) is 0 Å². The highest BCUT2D eigenvalue weighted by atomic mass is 16.5. The molecular formula is C22H36N6O. The molecule has 0 bridgehead atoms. The van der Waals surface area contributed by atoms with Crippen molar-refractivity contribution in [1.29, 1.82) is 0 Å². The van der Waals surface area contributed by atoms with Crippen LogP contribution in [0.1, 0.15) is 63.5 Å².